The fourth-order valence-electron chi connectivity index (χ4n) is 2.89. The number of ether oxygens (including phenoxy) is 1. The van der Waals surface area contributed by atoms with Crippen LogP contribution in [0.2, 0.25) is 0 Å². The number of nitrogens with one attached hydrogen (secondary N) is 1. The summed E-state index contributed by atoms with van der Waals surface area (Å²) in [5, 5.41) is 2.59. The van der Waals surface area contributed by atoms with Gasteiger partial charge in [0.05, 0.1) is 12.7 Å². The first-order valence-electron chi connectivity index (χ1n) is 7.72. The molecule has 2 atom stereocenters. The summed E-state index contributed by atoms with van der Waals surface area (Å²) in [4.78, 5) is 47.2. The van der Waals surface area contributed by atoms with Crippen molar-refractivity contribution in [1.29, 1.82) is 0 Å². The standard InChI is InChI=1S/C17H20N2O5/c1-24-17(23)12-6-2-5-11(8-12)16(22)19-14(15(18)21)10-4-3-7-13(20)9-10/h2,5-6,8,10,14H,3-4,7,9H2,1H3,(H2,18,21)(H,19,22)/t10-,14-/m0/s1. The molecule has 1 aromatic carbocycles. The Labute approximate surface area is 139 Å². The van der Waals surface area contributed by atoms with Gasteiger partial charge in [-0.05, 0) is 37.0 Å². The maximum Gasteiger partial charge on any atom is 0.337 e. The van der Waals surface area contributed by atoms with Crippen molar-refractivity contribution >= 4 is 23.6 Å². The van der Waals surface area contributed by atoms with Crippen molar-refractivity contribution in [3.63, 3.8) is 0 Å². The van der Waals surface area contributed by atoms with Crippen LogP contribution in [0.4, 0.5) is 0 Å². The number of ketones is 1. The van der Waals surface area contributed by atoms with Crippen LogP contribution >= 0.6 is 0 Å². The van der Waals surface area contributed by atoms with Gasteiger partial charge < -0.3 is 15.8 Å². The van der Waals surface area contributed by atoms with Gasteiger partial charge >= 0.3 is 5.97 Å². The fourth-order valence-corrected chi connectivity index (χ4v) is 2.89. The molecular weight excluding hydrogens is 312 g/mol. The lowest BCUT2D eigenvalue weighted by Gasteiger charge is -2.28. The van der Waals surface area contributed by atoms with E-state index in [0.29, 0.717) is 19.3 Å². The van der Waals surface area contributed by atoms with Crippen LogP contribution in [0.25, 0.3) is 0 Å². The average molecular weight is 332 g/mol. The molecule has 0 heterocycles. The van der Waals surface area contributed by atoms with Crippen molar-refractivity contribution < 1.29 is 23.9 Å². The first-order valence-corrected chi connectivity index (χ1v) is 7.72. The Kier molecular flexibility index (Phi) is 5.68. The highest BCUT2D eigenvalue weighted by Crippen LogP contribution is 2.24. The Morgan fingerprint density at radius 1 is 1.29 bits per heavy atom. The molecule has 0 spiro atoms. The molecule has 1 saturated carbocycles. The molecule has 0 unspecified atom stereocenters. The molecule has 2 rings (SSSR count). The van der Waals surface area contributed by atoms with Gasteiger partial charge in [0, 0.05) is 18.4 Å². The SMILES string of the molecule is COC(=O)c1cccc(C(=O)N[C@H](C(N)=O)[C@H]2CCCC(=O)C2)c1. The predicted molar refractivity (Wildman–Crippen MR) is 85.2 cm³/mol. The van der Waals surface area contributed by atoms with Crippen LogP contribution in [0.5, 0.6) is 0 Å². The number of carbonyl (C=O) groups excluding carboxylic acids is 4. The molecule has 0 aromatic heterocycles. The molecule has 0 aliphatic heterocycles. The van der Waals surface area contributed by atoms with E-state index in [1.165, 1.54) is 25.3 Å². The third-order valence-corrected chi connectivity index (χ3v) is 4.13. The summed E-state index contributed by atoms with van der Waals surface area (Å²) in [6.45, 7) is 0. The highest BCUT2D eigenvalue weighted by molar-refractivity contribution is 6.00. The molecule has 7 nitrogen and oxygen atoms in total. The molecule has 0 saturated heterocycles. The second-order valence-electron chi connectivity index (χ2n) is 5.82. The fraction of sp³-hybridized carbons (Fsp3) is 0.412. The molecule has 128 valence electrons. The van der Waals surface area contributed by atoms with Gasteiger partial charge in [-0.15, -0.1) is 0 Å². The van der Waals surface area contributed by atoms with Crippen LogP contribution in [0.1, 0.15) is 46.4 Å². The van der Waals surface area contributed by atoms with E-state index in [-0.39, 0.29) is 29.2 Å². The molecule has 1 fully saturated rings. The summed E-state index contributed by atoms with van der Waals surface area (Å²) < 4.78 is 4.62. The number of primary amides is 1. The van der Waals surface area contributed by atoms with Crippen molar-refractivity contribution in [3.8, 4) is 0 Å². The van der Waals surface area contributed by atoms with E-state index in [9.17, 15) is 19.2 Å². The number of hydrogen-bond acceptors (Lipinski definition) is 5. The van der Waals surface area contributed by atoms with Crippen molar-refractivity contribution in [2.24, 2.45) is 11.7 Å². The first kappa shape index (κ1) is 17.7. The minimum absolute atomic E-state index is 0.0689. The summed E-state index contributed by atoms with van der Waals surface area (Å²) in [6.07, 6.45) is 2.07. The molecule has 24 heavy (non-hydrogen) atoms. The third-order valence-electron chi connectivity index (χ3n) is 4.13. The van der Waals surface area contributed by atoms with E-state index in [1.54, 1.807) is 6.07 Å². The van der Waals surface area contributed by atoms with Crippen molar-refractivity contribution in [2.75, 3.05) is 7.11 Å². The highest BCUT2D eigenvalue weighted by Gasteiger charge is 2.32. The average Bonchev–Trinajstić information content (AvgIpc) is 2.58. The molecule has 2 amide bonds. The lowest BCUT2D eigenvalue weighted by atomic mass is 9.82. The topological polar surface area (TPSA) is 116 Å². The largest absolute Gasteiger partial charge is 0.465 e. The summed E-state index contributed by atoms with van der Waals surface area (Å²) in [6, 6.07) is 5.05. The van der Waals surface area contributed by atoms with Crippen LogP contribution in [0.3, 0.4) is 0 Å². The van der Waals surface area contributed by atoms with Gasteiger partial charge in [-0.2, -0.15) is 0 Å². The highest BCUT2D eigenvalue weighted by atomic mass is 16.5. The van der Waals surface area contributed by atoms with Crippen LogP contribution < -0.4 is 11.1 Å². The van der Waals surface area contributed by atoms with Gasteiger partial charge in [0.1, 0.15) is 11.8 Å². The van der Waals surface area contributed by atoms with Gasteiger partial charge in [-0.25, -0.2) is 4.79 Å². The van der Waals surface area contributed by atoms with Gasteiger partial charge in [0.2, 0.25) is 5.91 Å². The van der Waals surface area contributed by atoms with Crippen LogP contribution in [0.15, 0.2) is 24.3 Å². The minimum atomic E-state index is -0.913. The second kappa shape index (κ2) is 7.72. The summed E-state index contributed by atoms with van der Waals surface area (Å²) in [5.41, 5.74) is 5.84. The number of carbonyl (C=O) groups is 4. The number of hydrogen-bond donors (Lipinski definition) is 2. The zero-order valence-corrected chi connectivity index (χ0v) is 13.4. The van der Waals surface area contributed by atoms with E-state index < -0.39 is 23.8 Å². The smallest absolute Gasteiger partial charge is 0.337 e. The van der Waals surface area contributed by atoms with E-state index in [1.807, 2.05) is 0 Å². The zero-order valence-electron chi connectivity index (χ0n) is 13.4. The monoisotopic (exact) mass is 332 g/mol. The van der Waals surface area contributed by atoms with Gasteiger partial charge in [0.25, 0.3) is 5.91 Å². The maximum absolute atomic E-state index is 12.4. The number of methoxy groups -OCH3 is 1. The molecule has 7 heteroatoms. The minimum Gasteiger partial charge on any atom is -0.465 e. The molecule has 3 N–H and O–H groups in total. The Hall–Kier alpha value is -2.70. The van der Waals surface area contributed by atoms with Gasteiger partial charge in [-0.3, -0.25) is 14.4 Å². The Bertz CT molecular complexity index is 671. The molecule has 0 radical (unpaired) electrons. The summed E-state index contributed by atoms with van der Waals surface area (Å²) in [7, 11) is 1.25. The van der Waals surface area contributed by atoms with Gasteiger partial charge in [-0.1, -0.05) is 6.07 Å². The van der Waals surface area contributed by atoms with Crippen molar-refractivity contribution in [1.82, 2.24) is 5.32 Å². The first-order chi connectivity index (χ1) is 11.4. The van der Waals surface area contributed by atoms with E-state index in [4.69, 9.17) is 5.73 Å². The lowest BCUT2D eigenvalue weighted by molar-refractivity contribution is -0.124. The number of benzene rings is 1. The van der Waals surface area contributed by atoms with Crippen molar-refractivity contribution in [2.45, 2.75) is 31.7 Å². The molecule has 1 aromatic rings. The lowest BCUT2D eigenvalue weighted by Crippen LogP contribution is -2.50. The number of esters is 1. The molecule has 0 bridgehead atoms. The number of nitrogens with two attached hydrogens (primary N) is 1. The summed E-state index contributed by atoms with van der Waals surface area (Å²) in [5.74, 6) is -1.99. The quantitative estimate of drug-likeness (QED) is 0.774. The number of rotatable bonds is 5. The van der Waals surface area contributed by atoms with Crippen LogP contribution in [-0.4, -0.2) is 36.7 Å². The molecule has 1 aliphatic carbocycles. The van der Waals surface area contributed by atoms with Crippen molar-refractivity contribution in [3.05, 3.63) is 35.4 Å². The third kappa shape index (κ3) is 4.18. The van der Waals surface area contributed by atoms with Gasteiger partial charge in [0.15, 0.2) is 0 Å². The van der Waals surface area contributed by atoms with E-state index in [0.717, 1.165) is 0 Å². The number of amides is 2. The maximum atomic E-state index is 12.4. The van der Waals surface area contributed by atoms with E-state index >= 15 is 0 Å². The Balaban J connectivity index is 2.14. The van der Waals surface area contributed by atoms with Crippen LogP contribution in [-0.2, 0) is 14.3 Å². The Morgan fingerprint density at radius 2 is 2.00 bits per heavy atom. The Morgan fingerprint density at radius 3 is 2.62 bits per heavy atom. The zero-order chi connectivity index (χ0) is 17.7. The normalized spacial score (nSPS) is 18.5. The molecule has 1 aliphatic rings. The summed E-state index contributed by atoms with van der Waals surface area (Å²) >= 11 is 0. The van der Waals surface area contributed by atoms with E-state index in [2.05, 4.69) is 10.1 Å². The van der Waals surface area contributed by atoms with Crippen LogP contribution in [0, 0.1) is 5.92 Å². The molecular formula is C17H20N2O5. The second-order valence-corrected chi connectivity index (χ2v) is 5.82. The number of Topliss-reactive ketones (excluding diaryl/α,β-unsaturated/α-hetero) is 1. The predicted octanol–water partition coefficient (Wildman–Crippen LogP) is 0.816.